The van der Waals surface area contributed by atoms with Crippen molar-refractivity contribution in [1.29, 1.82) is 0 Å². The third-order valence-corrected chi connectivity index (χ3v) is 4.94. The second kappa shape index (κ2) is 12.9. The molecule has 0 fully saturated rings. The van der Waals surface area contributed by atoms with E-state index < -0.39 is 36.5 Å². The van der Waals surface area contributed by atoms with Crippen LogP contribution in [0.4, 0.5) is 4.79 Å². The fourth-order valence-electron chi connectivity index (χ4n) is 3.27. The summed E-state index contributed by atoms with van der Waals surface area (Å²) in [5, 5.41) is 10.6. The molecular weight excluding hydrogens is 450 g/mol. The van der Waals surface area contributed by atoms with E-state index in [2.05, 4.69) is 0 Å². The van der Waals surface area contributed by atoms with Crippen LogP contribution in [0.25, 0.3) is 0 Å². The number of amides is 3. The summed E-state index contributed by atoms with van der Waals surface area (Å²) in [6.07, 6.45) is -1.64. The van der Waals surface area contributed by atoms with Gasteiger partial charge in [0, 0.05) is 0 Å². The molecule has 0 bridgehead atoms. The molecule has 9 heteroatoms. The van der Waals surface area contributed by atoms with E-state index in [0.717, 1.165) is 21.8 Å². The van der Waals surface area contributed by atoms with Crippen molar-refractivity contribution in [3.63, 3.8) is 0 Å². The van der Waals surface area contributed by atoms with Gasteiger partial charge in [-0.05, 0) is 56.9 Å². The lowest BCUT2D eigenvalue weighted by molar-refractivity contribution is -0.134. The number of hydrogen-bond acceptors (Lipinski definition) is 7. The van der Waals surface area contributed by atoms with Crippen molar-refractivity contribution in [3.8, 4) is 5.75 Å². The van der Waals surface area contributed by atoms with E-state index in [1.807, 2.05) is 51.1 Å². The number of rotatable bonds is 11. The number of benzene rings is 2. The maximum absolute atomic E-state index is 12.8. The fraction of sp³-hybridized carbons (Fsp3) is 0.423. The monoisotopic (exact) mass is 485 g/mol. The second-order valence-electron chi connectivity index (χ2n) is 9.32. The minimum Gasteiger partial charge on any atom is -0.488 e. The van der Waals surface area contributed by atoms with E-state index >= 15 is 0 Å². The zero-order valence-corrected chi connectivity index (χ0v) is 20.5. The van der Waals surface area contributed by atoms with Crippen LogP contribution in [0, 0.1) is 0 Å². The average Bonchev–Trinajstić information content (AvgIpc) is 2.79. The number of aliphatic hydroxyl groups is 1. The van der Waals surface area contributed by atoms with E-state index in [9.17, 15) is 19.5 Å². The quantitative estimate of drug-likeness (QED) is 0.443. The number of nitrogens with zero attached hydrogens (tertiary/aromatic N) is 1. The molecule has 5 N–H and O–H groups in total. The summed E-state index contributed by atoms with van der Waals surface area (Å²) in [6.45, 7) is 5.50. The van der Waals surface area contributed by atoms with Gasteiger partial charge in [-0.25, -0.2) is 9.69 Å². The average molecular weight is 486 g/mol. The molecule has 3 amide bonds. The highest BCUT2D eigenvalue weighted by Gasteiger charge is 2.30. The lowest BCUT2D eigenvalue weighted by Gasteiger charge is -2.25. The summed E-state index contributed by atoms with van der Waals surface area (Å²) in [6, 6.07) is 15.1. The molecule has 2 aromatic carbocycles. The van der Waals surface area contributed by atoms with Gasteiger partial charge in [0.25, 0.3) is 0 Å². The van der Waals surface area contributed by atoms with E-state index in [-0.39, 0.29) is 25.2 Å². The van der Waals surface area contributed by atoms with Crippen molar-refractivity contribution in [1.82, 2.24) is 4.90 Å². The van der Waals surface area contributed by atoms with Crippen LogP contribution in [-0.2, 0) is 27.4 Å². The van der Waals surface area contributed by atoms with Crippen molar-refractivity contribution >= 4 is 17.9 Å². The summed E-state index contributed by atoms with van der Waals surface area (Å²) >= 11 is 0. The van der Waals surface area contributed by atoms with E-state index in [0.29, 0.717) is 6.42 Å². The van der Waals surface area contributed by atoms with Crippen molar-refractivity contribution in [2.24, 2.45) is 11.5 Å². The Morgan fingerprint density at radius 3 is 2.20 bits per heavy atom. The molecule has 190 valence electrons. The van der Waals surface area contributed by atoms with Crippen LogP contribution in [-0.4, -0.2) is 52.2 Å². The van der Waals surface area contributed by atoms with Crippen LogP contribution in [0.15, 0.2) is 54.6 Å². The number of ether oxygens (including phenoxy) is 2. The summed E-state index contributed by atoms with van der Waals surface area (Å²) in [5.41, 5.74) is 12.3. The maximum Gasteiger partial charge on any atom is 0.416 e. The van der Waals surface area contributed by atoms with Gasteiger partial charge in [0.15, 0.2) is 0 Å². The minimum absolute atomic E-state index is 0.0619. The third kappa shape index (κ3) is 10.2. The predicted octanol–water partition coefficient (Wildman–Crippen LogP) is 2.53. The normalized spacial score (nSPS) is 12.9. The summed E-state index contributed by atoms with van der Waals surface area (Å²) in [5.74, 6) is -0.879. The lowest BCUT2D eigenvalue weighted by atomic mass is 10.1. The van der Waals surface area contributed by atoms with Gasteiger partial charge in [0.2, 0.25) is 11.8 Å². The first kappa shape index (κ1) is 27.8. The summed E-state index contributed by atoms with van der Waals surface area (Å²) < 4.78 is 11.1. The Kier molecular flexibility index (Phi) is 10.2. The Bertz CT molecular complexity index is 973. The number of aliphatic hydroxyl groups excluding tert-OH is 1. The standard InChI is InChI=1S/C26H35N3O6/c1-26(2,3)35-21-13-10-18(11-14-21)9-12-20(30)16-29(24(32)22(27)15-23(28)31)25(33)34-17-19-7-5-4-6-8-19/h4-8,10-11,13-14,20,22,30H,9,12,15-17,27H2,1-3H3,(H2,28,31)/t20-,22+/m1/s1. The maximum atomic E-state index is 12.8. The number of aryl methyl sites for hydroxylation is 1. The number of hydrogen-bond donors (Lipinski definition) is 3. The first-order valence-electron chi connectivity index (χ1n) is 11.5. The van der Waals surface area contributed by atoms with Crippen LogP contribution in [0.5, 0.6) is 5.75 Å². The summed E-state index contributed by atoms with van der Waals surface area (Å²) in [4.78, 5) is 37.4. The molecule has 0 spiro atoms. The van der Waals surface area contributed by atoms with Gasteiger partial charge in [0.1, 0.15) is 18.0 Å². The van der Waals surface area contributed by atoms with Crippen molar-refractivity contribution in [2.45, 2.75) is 64.4 Å². The van der Waals surface area contributed by atoms with Crippen molar-refractivity contribution < 1.29 is 29.0 Å². The number of carbonyl (C=O) groups excluding carboxylic acids is 3. The Labute approximate surface area is 206 Å². The van der Waals surface area contributed by atoms with Gasteiger partial charge in [-0.15, -0.1) is 0 Å². The smallest absolute Gasteiger partial charge is 0.416 e. The minimum atomic E-state index is -1.32. The summed E-state index contributed by atoms with van der Waals surface area (Å²) in [7, 11) is 0. The SMILES string of the molecule is CC(C)(C)Oc1ccc(CC[C@@H](O)CN(C(=O)OCc2ccccc2)C(=O)[C@@H](N)CC(N)=O)cc1. The number of nitrogens with two attached hydrogens (primary N) is 2. The second-order valence-corrected chi connectivity index (χ2v) is 9.32. The van der Waals surface area contributed by atoms with Crippen LogP contribution in [0.2, 0.25) is 0 Å². The van der Waals surface area contributed by atoms with Crippen LogP contribution in [0.1, 0.15) is 44.7 Å². The Morgan fingerprint density at radius 1 is 1.00 bits per heavy atom. The number of primary amides is 1. The lowest BCUT2D eigenvalue weighted by Crippen LogP contribution is -2.50. The van der Waals surface area contributed by atoms with Gasteiger partial charge in [-0.1, -0.05) is 42.5 Å². The fourth-order valence-corrected chi connectivity index (χ4v) is 3.27. The molecule has 0 aliphatic carbocycles. The Morgan fingerprint density at radius 2 is 1.63 bits per heavy atom. The molecular formula is C26H35N3O6. The van der Waals surface area contributed by atoms with Crippen LogP contribution >= 0.6 is 0 Å². The molecule has 0 radical (unpaired) electrons. The Balaban J connectivity index is 2.00. The van der Waals surface area contributed by atoms with Gasteiger partial charge < -0.3 is 26.0 Å². The highest BCUT2D eigenvalue weighted by molar-refractivity contribution is 5.97. The number of carbonyl (C=O) groups is 3. The zero-order chi connectivity index (χ0) is 26.0. The van der Waals surface area contributed by atoms with E-state index in [1.54, 1.807) is 24.3 Å². The highest BCUT2D eigenvalue weighted by Crippen LogP contribution is 2.19. The molecule has 0 saturated carbocycles. The molecule has 0 aromatic heterocycles. The molecule has 2 rings (SSSR count). The predicted molar refractivity (Wildman–Crippen MR) is 131 cm³/mol. The molecule has 0 aliphatic heterocycles. The van der Waals surface area contributed by atoms with Crippen LogP contribution in [0.3, 0.4) is 0 Å². The first-order valence-corrected chi connectivity index (χ1v) is 11.5. The first-order chi connectivity index (χ1) is 16.4. The zero-order valence-electron chi connectivity index (χ0n) is 20.5. The van der Waals surface area contributed by atoms with Gasteiger partial charge in [0.05, 0.1) is 25.1 Å². The molecule has 2 aromatic rings. The highest BCUT2D eigenvalue weighted by atomic mass is 16.6. The Hall–Kier alpha value is -3.43. The van der Waals surface area contributed by atoms with Crippen molar-refractivity contribution in [2.75, 3.05) is 6.54 Å². The topological polar surface area (TPSA) is 145 Å². The van der Waals surface area contributed by atoms with Gasteiger partial charge in [-0.3, -0.25) is 9.59 Å². The van der Waals surface area contributed by atoms with Gasteiger partial charge in [-0.2, -0.15) is 0 Å². The van der Waals surface area contributed by atoms with E-state index in [1.165, 1.54) is 0 Å². The largest absolute Gasteiger partial charge is 0.488 e. The molecule has 0 aliphatic rings. The van der Waals surface area contributed by atoms with Gasteiger partial charge >= 0.3 is 6.09 Å². The third-order valence-electron chi connectivity index (χ3n) is 4.94. The molecule has 0 heterocycles. The molecule has 0 unspecified atom stereocenters. The van der Waals surface area contributed by atoms with Crippen LogP contribution < -0.4 is 16.2 Å². The number of imide groups is 1. The molecule has 35 heavy (non-hydrogen) atoms. The van der Waals surface area contributed by atoms with Crippen molar-refractivity contribution in [3.05, 3.63) is 65.7 Å². The molecule has 2 atom stereocenters. The molecule has 9 nitrogen and oxygen atoms in total. The molecule has 0 saturated heterocycles. The van der Waals surface area contributed by atoms with E-state index in [4.69, 9.17) is 20.9 Å².